The van der Waals surface area contributed by atoms with Crippen LogP contribution in [-0.2, 0) is 0 Å². The number of carbonyl (C=O) groups excluding carboxylic acids is 2. The predicted molar refractivity (Wildman–Crippen MR) is 208 cm³/mol. The number of anilines is 2. The van der Waals surface area contributed by atoms with Crippen LogP contribution in [0.2, 0.25) is 0 Å². The number of carbonyl (C=O) groups is 2. The zero-order chi connectivity index (χ0) is 37.5. The maximum Gasteiger partial charge on any atom is 0.417 e. The van der Waals surface area contributed by atoms with Crippen LogP contribution in [0.1, 0.15) is 50.7 Å². The van der Waals surface area contributed by atoms with Crippen molar-refractivity contribution < 1.29 is 34.0 Å². The fourth-order valence-corrected chi connectivity index (χ4v) is 5.65. The van der Waals surface area contributed by atoms with E-state index in [2.05, 4.69) is 38.3 Å². The molecule has 0 aliphatic heterocycles. The lowest BCUT2D eigenvalue weighted by molar-refractivity contribution is 0.214. The first-order valence-corrected chi connectivity index (χ1v) is 17.2. The Labute approximate surface area is 308 Å². The average Bonchev–Trinajstić information content (AvgIpc) is 3.13. The predicted octanol–water partition coefficient (Wildman–Crippen LogP) is 11.7. The summed E-state index contributed by atoms with van der Waals surface area (Å²) >= 11 is 0. The quantitative estimate of drug-likeness (QED) is 0.112. The van der Waals surface area contributed by atoms with E-state index in [0.717, 1.165) is 11.1 Å². The Hall–Kier alpha value is -6.74. The number of benzene rings is 6. The van der Waals surface area contributed by atoms with Gasteiger partial charge in [-0.3, -0.25) is 10.6 Å². The van der Waals surface area contributed by atoms with Crippen LogP contribution < -0.4 is 24.8 Å². The molecular formula is C44H40N2O7. The van der Waals surface area contributed by atoms with Crippen LogP contribution in [0.25, 0.3) is 22.3 Å². The molecule has 0 saturated heterocycles. The van der Waals surface area contributed by atoms with Crippen molar-refractivity contribution in [2.75, 3.05) is 10.6 Å². The highest BCUT2D eigenvalue weighted by Gasteiger charge is 2.17. The standard InChI is InChI=1S/C44H40N2O7/c1-27(2)29-11-17-37(18-12-29)51-43(49)45-33-15-21-41(39(25-33)31-7-5-9-35(47)23-31)53-42-22-16-34(26-40(42)32-8-6-10-36(48)24-32)46-44(50)52-38-19-13-30(14-20-38)28(3)4/h5-28,47-48H,1-4H3,(H,45,49)(H,46,50). The van der Waals surface area contributed by atoms with Crippen molar-refractivity contribution in [1.29, 1.82) is 0 Å². The highest BCUT2D eigenvalue weighted by molar-refractivity contribution is 5.90. The van der Waals surface area contributed by atoms with Gasteiger partial charge in [-0.15, -0.1) is 0 Å². The average molecular weight is 709 g/mol. The van der Waals surface area contributed by atoms with E-state index in [9.17, 15) is 19.8 Å². The molecule has 6 rings (SSSR count). The number of amides is 2. The van der Waals surface area contributed by atoms with E-state index >= 15 is 0 Å². The zero-order valence-corrected chi connectivity index (χ0v) is 29.8. The maximum atomic E-state index is 12.9. The molecule has 9 heteroatoms. The van der Waals surface area contributed by atoms with Crippen molar-refractivity contribution in [3.63, 3.8) is 0 Å². The summed E-state index contributed by atoms with van der Waals surface area (Å²) in [6, 6.07) is 38.2. The topological polar surface area (TPSA) is 126 Å². The summed E-state index contributed by atoms with van der Waals surface area (Å²) in [6.45, 7) is 8.36. The molecule has 53 heavy (non-hydrogen) atoms. The Morgan fingerprint density at radius 1 is 0.509 bits per heavy atom. The molecule has 268 valence electrons. The van der Waals surface area contributed by atoms with Gasteiger partial charge in [0.05, 0.1) is 0 Å². The minimum Gasteiger partial charge on any atom is -0.508 e. The molecule has 0 radical (unpaired) electrons. The lowest BCUT2D eigenvalue weighted by Crippen LogP contribution is -2.17. The summed E-state index contributed by atoms with van der Waals surface area (Å²) in [5.74, 6) is 2.43. The second kappa shape index (κ2) is 16.1. The normalized spacial score (nSPS) is 10.9. The molecule has 4 N–H and O–H groups in total. The van der Waals surface area contributed by atoms with E-state index in [-0.39, 0.29) is 11.5 Å². The number of aromatic hydroxyl groups is 2. The highest BCUT2D eigenvalue weighted by Crippen LogP contribution is 2.41. The van der Waals surface area contributed by atoms with E-state index < -0.39 is 12.2 Å². The van der Waals surface area contributed by atoms with E-state index in [4.69, 9.17) is 14.2 Å². The molecule has 0 atom stereocenters. The van der Waals surface area contributed by atoms with Gasteiger partial charge in [0.25, 0.3) is 0 Å². The van der Waals surface area contributed by atoms with Crippen molar-refractivity contribution in [3.8, 4) is 56.8 Å². The van der Waals surface area contributed by atoms with Gasteiger partial charge in [-0.05, 0) is 119 Å². The first kappa shape index (κ1) is 36.1. The molecule has 2 amide bonds. The molecule has 6 aromatic rings. The monoisotopic (exact) mass is 708 g/mol. The Bertz CT molecular complexity index is 2070. The molecule has 0 aromatic heterocycles. The summed E-state index contributed by atoms with van der Waals surface area (Å²) < 4.78 is 17.6. The summed E-state index contributed by atoms with van der Waals surface area (Å²) in [5.41, 5.74) is 5.52. The van der Waals surface area contributed by atoms with Crippen LogP contribution in [0.5, 0.6) is 34.5 Å². The molecule has 0 aliphatic rings. The number of phenolic OH excluding ortho intramolecular Hbond substituents is 2. The molecule has 0 aliphatic carbocycles. The van der Waals surface area contributed by atoms with Crippen molar-refractivity contribution >= 4 is 23.6 Å². The minimum absolute atomic E-state index is 0.0506. The third-order valence-electron chi connectivity index (χ3n) is 8.50. The van der Waals surface area contributed by atoms with Gasteiger partial charge in [-0.25, -0.2) is 9.59 Å². The molecule has 0 unspecified atom stereocenters. The van der Waals surface area contributed by atoms with Crippen molar-refractivity contribution in [3.05, 3.63) is 145 Å². The van der Waals surface area contributed by atoms with Gasteiger partial charge in [0, 0.05) is 22.5 Å². The van der Waals surface area contributed by atoms with E-state index in [1.165, 1.54) is 0 Å². The van der Waals surface area contributed by atoms with Crippen molar-refractivity contribution in [2.24, 2.45) is 0 Å². The van der Waals surface area contributed by atoms with Crippen LogP contribution in [-0.4, -0.2) is 22.4 Å². The van der Waals surface area contributed by atoms with Gasteiger partial charge in [-0.1, -0.05) is 76.2 Å². The third kappa shape index (κ3) is 9.33. The first-order valence-electron chi connectivity index (χ1n) is 17.2. The highest BCUT2D eigenvalue weighted by atomic mass is 16.6. The number of hydrogen-bond donors (Lipinski definition) is 4. The van der Waals surface area contributed by atoms with Gasteiger partial charge in [0.2, 0.25) is 0 Å². The molecule has 0 heterocycles. The lowest BCUT2D eigenvalue weighted by Gasteiger charge is -2.18. The first-order chi connectivity index (χ1) is 25.5. The van der Waals surface area contributed by atoms with Crippen LogP contribution >= 0.6 is 0 Å². The summed E-state index contributed by atoms with van der Waals surface area (Å²) in [5, 5.41) is 26.2. The molecule has 0 fully saturated rings. The second-order valence-electron chi connectivity index (χ2n) is 13.1. The van der Waals surface area contributed by atoms with E-state index in [1.807, 2.05) is 36.4 Å². The molecule has 0 saturated carbocycles. The Morgan fingerprint density at radius 3 is 1.26 bits per heavy atom. The molecule has 6 aromatic carbocycles. The van der Waals surface area contributed by atoms with Gasteiger partial charge in [0.15, 0.2) is 0 Å². The number of rotatable bonds is 10. The van der Waals surface area contributed by atoms with E-state index in [0.29, 0.717) is 68.5 Å². The van der Waals surface area contributed by atoms with Crippen LogP contribution in [0.3, 0.4) is 0 Å². The lowest BCUT2D eigenvalue weighted by atomic mass is 10.0. The molecule has 0 bridgehead atoms. The SMILES string of the molecule is CC(C)c1ccc(OC(=O)Nc2ccc(Oc3ccc(NC(=O)Oc4ccc(C(C)C)cc4)cc3-c3cccc(O)c3)c(-c3cccc(O)c3)c2)cc1. The second-order valence-corrected chi connectivity index (χ2v) is 13.1. The summed E-state index contributed by atoms with van der Waals surface area (Å²) in [4.78, 5) is 25.8. The Morgan fingerprint density at radius 2 is 0.906 bits per heavy atom. The number of ether oxygens (including phenoxy) is 3. The Balaban J connectivity index is 1.28. The molecule has 0 spiro atoms. The largest absolute Gasteiger partial charge is 0.508 e. The van der Waals surface area contributed by atoms with Crippen molar-refractivity contribution in [2.45, 2.75) is 39.5 Å². The maximum absolute atomic E-state index is 12.9. The van der Waals surface area contributed by atoms with Crippen LogP contribution in [0, 0.1) is 0 Å². The van der Waals surface area contributed by atoms with Gasteiger partial charge in [-0.2, -0.15) is 0 Å². The fraction of sp³-hybridized carbons (Fsp3) is 0.136. The number of phenols is 2. The fourth-order valence-electron chi connectivity index (χ4n) is 5.65. The Kier molecular flexibility index (Phi) is 10.9. The third-order valence-corrected chi connectivity index (χ3v) is 8.50. The van der Waals surface area contributed by atoms with Crippen molar-refractivity contribution in [1.82, 2.24) is 0 Å². The van der Waals surface area contributed by atoms with E-state index in [1.54, 1.807) is 97.1 Å². The number of nitrogens with one attached hydrogen (secondary N) is 2. The summed E-state index contributed by atoms with van der Waals surface area (Å²) in [6.07, 6.45) is -1.34. The van der Waals surface area contributed by atoms with Crippen LogP contribution in [0.15, 0.2) is 133 Å². The summed E-state index contributed by atoms with van der Waals surface area (Å²) in [7, 11) is 0. The van der Waals surface area contributed by atoms with Gasteiger partial charge >= 0.3 is 12.2 Å². The molecular weight excluding hydrogens is 668 g/mol. The van der Waals surface area contributed by atoms with Gasteiger partial charge in [0.1, 0.15) is 34.5 Å². The smallest absolute Gasteiger partial charge is 0.417 e. The minimum atomic E-state index is -0.668. The zero-order valence-electron chi connectivity index (χ0n) is 29.8. The van der Waals surface area contributed by atoms with Crippen LogP contribution in [0.4, 0.5) is 21.0 Å². The number of hydrogen-bond acceptors (Lipinski definition) is 7. The molecule has 9 nitrogen and oxygen atoms in total. The van der Waals surface area contributed by atoms with Gasteiger partial charge < -0.3 is 24.4 Å².